The number of methoxy groups -OCH3 is 1. The Bertz CT molecular complexity index is 779. The van der Waals surface area contributed by atoms with E-state index in [0.717, 1.165) is 15.8 Å². The number of hydrogen-bond donors (Lipinski definition) is 2. The number of anilines is 1. The van der Waals surface area contributed by atoms with Gasteiger partial charge in [-0.3, -0.25) is 10.1 Å². The second-order valence-corrected chi connectivity index (χ2v) is 6.35. The molecule has 2 aromatic carbocycles. The average molecular weight is 426 g/mol. The molecule has 0 spiro atoms. The van der Waals surface area contributed by atoms with Crippen molar-refractivity contribution in [2.45, 2.75) is 0 Å². The van der Waals surface area contributed by atoms with Gasteiger partial charge in [0.25, 0.3) is 0 Å². The second kappa shape index (κ2) is 8.82. The highest BCUT2D eigenvalue weighted by atomic mass is 79.9. The van der Waals surface area contributed by atoms with Crippen LogP contribution in [0.1, 0.15) is 5.56 Å². The molecule has 0 atom stereocenters. The summed E-state index contributed by atoms with van der Waals surface area (Å²) in [5.41, 5.74) is 1.57. The minimum Gasteiger partial charge on any atom is -0.497 e. The van der Waals surface area contributed by atoms with Crippen LogP contribution in [-0.4, -0.2) is 18.1 Å². The van der Waals surface area contributed by atoms with E-state index in [0.29, 0.717) is 10.7 Å². The summed E-state index contributed by atoms with van der Waals surface area (Å²) in [7, 11) is 1.60. The molecule has 0 bridgehead atoms. The van der Waals surface area contributed by atoms with Gasteiger partial charge in [-0.1, -0.05) is 23.7 Å². The highest BCUT2D eigenvalue weighted by molar-refractivity contribution is 9.10. The van der Waals surface area contributed by atoms with Crippen LogP contribution in [0.4, 0.5) is 5.69 Å². The van der Waals surface area contributed by atoms with Gasteiger partial charge < -0.3 is 10.1 Å². The summed E-state index contributed by atoms with van der Waals surface area (Å²) in [5.74, 6) is 0.432. The molecule has 0 fully saturated rings. The molecule has 124 valence electrons. The first-order chi connectivity index (χ1) is 11.5. The fraction of sp³-hybridized carbons (Fsp3) is 0.0588. The molecular formula is C17H14BrClN2O2S. The molecule has 0 aliphatic rings. The highest BCUT2D eigenvalue weighted by Gasteiger charge is 2.04. The van der Waals surface area contributed by atoms with Gasteiger partial charge in [-0.25, -0.2) is 0 Å². The summed E-state index contributed by atoms with van der Waals surface area (Å²) in [4.78, 5) is 11.9. The molecule has 24 heavy (non-hydrogen) atoms. The lowest BCUT2D eigenvalue weighted by atomic mass is 10.2. The van der Waals surface area contributed by atoms with Gasteiger partial charge >= 0.3 is 0 Å². The first-order valence-electron chi connectivity index (χ1n) is 6.87. The Balaban J connectivity index is 1.89. The Hall–Kier alpha value is -1.89. The summed E-state index contributed by atoms with van der Waals surface area (Å²) >= 11 is 14.4. The first-order valence-corrected chi connectivity index (χ1v) is 8.45. The lowest BCUT2D eigenvalue weighted by Gasteiger charge is -2.09. The van der Waals surface area contributed by atoms with Gasteiger partial charge in [-0.15, -0.1) is 0 Å². The van der Waals surface area contributed by atoms with E-state index in [9.17, 15) is 4.79 Å². The molecule has 0 saturated heterocycles. The van der Waals surface area contributed by atoms with E-state index in [1.165, 1.54) is 6.08 Å². The van der Waals surface area contributed by atoms with E-state index >= 15 is 0 Å². The molecule has 0 aliphatic heterocycles. The molecule has 2 aromatic rings. The number of ether oxygens (including phenoxy) is 1. The number of thiocarbonyl (C=S) groups is 1. The molecule has 7 heteroatoms. The number of benzene rings is 2. The maximum atomic E-state index is 11.9. The van der Waals surface area contributed by atoms with Crippen LogP contribution in [0, 0.1) is 0 Å². The van der Waals surface area contributed by atoms with Crippen LogP contribution in [0.5, 0.6) is 5.75 Å². The van der Waals surface area contributed by atoms with Crippen LogP contribution < -0.4 is 15.4 Å². The number of halogens is 2. The third-order valence-electron chi connectivity index (χ3n) is 2.96. The van der Waals surface area contributed by atoms with Crippen molar-refractivity contribution in [3.8, 4) is 5.75 Å². The molecule has 4 nitrogen and oxygen atoms in total. The Kier molecular flexibility index (Phi) is 6.78. The standard InChI is InChI=1S/C17H14BrClN2O2S/c1-23-13-6-2-11(3-7-13)4-9-16(22)21-17(24)20-12-5-8-14(18)15(19)10-12/h2-10H,1H3,(H2,20,21,22,24). The predicted octanol–water partition coefficient (Wildman–Crippen LogP) is 4.64. The number of hydrogen-bond acceptors (Lipinski definition) is 3. The van der Waals surface area contributed by atoms with Crippen LogP contribution in [0.15, 0.2) is 53.0 Å². The molecule has 0 saturated carbocycles. The van der Waals surface area contributed by atoms with Gasteiger partial charge in [0.1, 0.15) is 5.75 Å². The fourth-order valence-corrected chi connectivity index (χ4v) is 2.42. The van der Waals surface area contributed by atoms with Crippen LogP contribution in [0.3, 0.4) is 0 Å². The Labute approximate surface area is 159 Å². The van der Waals surface area contributed by atoms with Crippen LogP contribution >= 0.6 is 39.7 Å². The first kappa shape index (κ1) is 18.4. The van der Waals surface area contributed by atoms with Crippen molar-refractivity contribution in [1.82, 2.24) is 5.32 Å². The second-order valence-electron chi connectivity index (χ2n) is 4.68. The van der Waals surface area contributed by atoms with E-state index in [4.69, 9.17) is 28.6 Å². The number of rotatable bonds is 4. The van der Waals surface area contributed by atoms with Crippen LogP contribution in [0.2, 0.25) is 5.02 Å². The summed E-state index contributed by atoms with van der Waals surface area (Å²) in [6.45, 7) is 0. The van der Waals surface area contributed by atoms with Crippen molar-refractivity contribution < 1.29 is 9.53 Å². The third kappa shape index (κ3) is 5.63. The average Bonchev–Trinajstić information content (AvgIpc) is 2.56. The Morgan fingerprint density at radius 2 is 1.96 bits per heavy atom. The molecule has 0 heterocycles. The maximum Gasteiger partial charge on any atom is 0.250 e. The Morgan fingerprint density at radius 3 is 2.58 bits per heavy atom. The van der Waals surface area contributed by atoms with E-state index < -0.39 is 0 Å². The zero-order valence-electron chi connectivity index (χ0n) is 12.7. The summed E-state index contributed by atoms with van der Waals surface area (Å²) in [6.07, 6.45) is 3.10. The van der Waals surface area contributed by atoms with Gasteiger partial charge in [-0.2, -0.15) is 0 Å². The van der Waals surface area contributed by atoms with Crippen LogP contribution in [-0.2, 0) is 4.79 Å². The van der Waals surface area contributed by atoms with Gasteiger partial charge in [0, 0.05) is 16.2 Å². The number of carbonyl (C=O) groups excluding carboxylic acids is 1. The number of amides is 1. The zero-order valence-corrected chi connectivity index (χ0v) is 15.8. The van der Waals surface area contributed by atoms with Gasteiger partial charge in [0.15, 0.2) is 5.11 Å². The largest absolute Gasteiger partial charge is 0.497 e. The van der Waals surface area contributed by atoms with E-state index in [2.05, 4.69) is 26.6 Å². The normalized spacial score (nSPS) is 10.5. The SMILES string of the molecule is COc1ccc(C=CC(=O)NC(=S)Nc2ccc(Br)c(Cl)c2)cc1. The van der Waals surface area contributed by atoms with Crippen molar-refractivity contribution in [2.24, 2.45) is 0 Å². The summed E-state index contributed by atoms with van der Waals surface area (Å²) in [6, 6.07) is 12.6. The van der Waals surface area contributed by atoms with Crippen molar-refractivity contribution in [3.05, 3.63) is 63.6 Å². The molecule has 0 unspecified atom stereocenters. The highest BCUT2D eigenvalue weighted by Crippen LogP contribution is 2.25. The number of carbonyl (C=O) groups is 1. The van der Waals surface area contributed by atoms with Crippen molar-refractivity contribution in [3.63, 3.8) is 0 Å². The minimum absolute atomic E-state index is 0.192. The quantitative estimate of drug-likeness (QED) is 0.553. The van der Waals surface area contributed by atoms with Gasteiger partial charge in [-0.05, 0) is 70.1 Å². The molecule has 0 aliphatic carbocycles. The smallest absolute Gasteiger partial charge is 0.250 e. The van der Waals surface area contributed by atoms with Gasteiger partial charge in [0.05, 0.1) is 12.1 Å². The van der Waals surface area contributed by atoms with Crippen molar-refractivity contribution in [1.29, 1.82) is 0 Å². The molecule has 2 rings (SSSR count). The lowest BCUT2D eigenvalue weighted by Crippen LogP contribution is -2.32. The van der Waals surface area contributed by atoms with E-state index in [1.54, 1.807) is 31.4 Å². The zero-order chi connectivity index (χ0) is 17.5. The number of nitrogens with one attached hydrogen (secondary N) is 2. The fourth-order valence-electron chi connectivity index (χ4n) is 1.78. The molecule has 2 N–H and O–H groups in total. The van der Waals surface area contributed by atoms with E-state index in [-0.39, 0.29) is 11.0 Å². The molecular weight excluding hydrogens is 412 g/mol. The topological polar surface area (TPSA) is 50.4 Å². The Morgan fingerprint density at radius 1 is 1.25 bits per heavy atom. The van der Waals surface area contributed by atoms with Crippen LogP contribution in [0.25, 0.3) is 6.08 Å². The summed E-state index contributed by atoms with van der Waals surface area (Å²) < 4.78 is 5.86. The molecule has 0 aromatic heterocycles. The van der Waals surface area contributed by atoms with E-state index in [1.807, 2.05) is 24.3 Å². The maximum absolute atomic E-state index is 11.9. The van der Waals surface area contributed by atoms with Crippen molar-refractivity contribution in [2.75, 3.05) is 12.4 Å². The summed E-state index contributed by atoms with van der Waals surface area (Å²) in [5, 5.41) is 6.21. The molecule has 0 radical (unpaired) electrons. The minimum atomic E-state index is -0.327. The predicted molar refractivity (Wildman–Crippen MR) is 106 cm³/mol. The van der Waals surface area contributed by atoms with Crippen molar-refractivity contribution >= 4 is 62.5 Å². The molecule has 1 amide bonds. The lowest BCUT2D eigenvalue weighted by molar-refractivity contribution is -0.115. The third-order valence-corrected chi connectivity index (χ3v) is 4.39. The monoisotopic (exact) mass is 424 g/mol. The van der Waals surface area contributed by atoms with Gasteiger partial charge in [0.2, 0.25) is 5.91 Å².